The lowest BCUT2D eigenvalue weighted by Crippen LogP contribution is -2.30. The van der Waals surface area contributed by atoms with Gasteiger partial charge in [0.1, 0.15) is 12.4 Å². The van der Waals surface area contributed by atoms with E-state index in [0.717, 1.165) is 16.9 Å². The Labute approximate surface area is 141 Å². The lowest BCUT2D eigenvalue weighted by molar-refractivity contribution is -0.121. The first-order chi connectivity index (χ1) is 11.8. The first-order valence-electron chi connectivity index (χ1n) is 7.94. The highest BCUT2D eigenvalue weighted by atomic mass is 16.5. The van der Waals surface area contributed by atoms with Crippen LogP contribution in [0.25, 0.3) is 10.8 Å². The highest BCUT2D eigenvalue weighted by molar-refractivity contribution is 5.85. The van der Waals surface area contributed by atoms with Gasteiger partial charge in [0.2, 0.25) is 5.91 Å². The Morgan fingerprint density at radius 3 is 2.50 bits per heavy atom. The number of nitrogens with one attached hydrogen (secondary N) is 1. The second-order valence-corrected chi connectivity index (χ2v) is 5.64. The van der Waals surface area contributed by atoms with Gasteiger partial charge < -0.3 is 4.74 Å². The maximum atomic E-state index is 11.2. The van der Waals surface area contributed by atoms with Crippen LogP contribution in [-0.4, -0.2) is 5.91 Å². The number of carbonyl (C=O) groups excluding carboxylic acids is 1. The van der Waals surface area contributed by atoms with Gasteiger partial charge in [-0.05, 0) is 40.5 Å². The molecule has 0 bridgehead atoms. The molecule has 0 saturated heterocycles. The predicted octanol–water partition coefficient (Wildman–Crippen LogP) is 3.34. The van der Waals surface area contributed by atoms with Crippen LogP contribution in [0.1, 0.15) is 17.5 Å². The zero-order valence-corrected chi connectivity index (χ0v) is 13.4. The molecule has 0 saturated carbocycles. The van der Waals surface area contributed by atoms with Gasteiger partial charge in [-0.2, -0.15) is 0 Å². The number of carbonyl (C=O) groups is 1. The van der Waals surface area contributed by atoms with Crippen molar-refractivity contribution >= 4 is 16.7 Å². The van der Waals surface area contributed by atoms with Crippen LogP contribution >= 0.6 is 0 Å². The Balaban J connectivity index is 1.63. The number of nitrogens with two attached hydrogens (primary N) is 1. The monoisotopic (exact) mass is 320 g/mol. The molecule has 0 heterocycles. The molecular weight excluding hydrogens is 300 g/mol. The van der Waals surface area contributed by atoms with Gasteiger partial charge in [-0.15, -0.1) is 0 Å². The second kappa shape index (κ2) is 7.62. The van der Waals surface area contributed by atoms with Crippen molar-refractivity contribution in [2.45, 2.75) is 19.4 Å². The summed E-state index contributed by atoms with van der Waals surface area (Å²) in [5.41, 5.74) is 4.38. The summed E-state index contributed by atoms with van der Waals surface area (Å²) in [5.74, 6) is 5.73. The van der Waals surface area contributed by atoms with E-state index >= 15 is 0 Å². The van der Waals surface area contributed by atoms with Gasteiger partial charge in [0.25, 0.3) is 0 Å². The van der Waals surface area contributed by atoms with Crippen molar-refractivity contribution in [3.63, 3.8) is 0 Å². The molecular formula is C20H20N2O2. The highest BCUT2D eigenvalue weighted by Crippen LogP contribution is 2.21. The molecule has 0 unspecified atom stereocenters. The molecule has 0 aliphatic heterocycles. The summed E-state index contributed by atoms with van der Waals surface area (Å²) in [6, 6.07) is 22.3. The Bertz CT molecular complexity index is 823. The van der Waals surface area contributed by atoms with Crippen LogP contribution in [0.2, 0.25) is 0 Å². The molecule has 3 N–H and O–H groups in total. The van der Waals surface area contributed by atoms with Crippen LogP contribution in [0.5, 0.6) is 5.75 Å². The third-order valence-electron chi connectivity index (χ3n) is 4.00. The number of amides is 1. The maximum absolute atomic E-state index is 11.2. The minimum absolute atomic E-state index is 0.161. The molecule has 24 heavy (non-hydrogen) atoms. The molecule has 3 aromatic rings. The fourth-order valence-electron chi connectivity index (χ4n) is 2.66. The number of aryl methyl sites for hydroxylation is 1. The number of rotatable bonds is 6. The molecule has 4 heteroatoms. The van der Waals surface area contributed by atoms with E-state index in [4.69, 9.17) is 10.6 Å². The van der Waals surface area contributed by atoms with Gasteiger partial charge in [0.15, 0.2) is 0 Å². The van der Waals surface area contributed by atoms with Gasteiger partial charge in [-0.1, -0.05) is 54.6 Å². The molecule has 0 spiro atoms. The number of hydrogen-bond acceptors (Lipinski definition) is 3. The zero-order valence-electron chi connectivity index (χ0n) is 13.4. The summed E-state index contributed by atoms with van der Waals surface area (Å²) in [5, 5.41) is 2.43. The molecule has 3 rings (SSSR count). The van der Waals surface area contributed by atoms with Crippen LogP contribution in [0.4, 0.5) is 0 Å². The standard InChI is InChI=1S/C20H20N2O2/c21-22-20(23)13-10-15-8-11-18(12-9-15)24-14-17-6-3-5-16-4-1-2-7-19(16)17/h1-9,11-12H,10,13-14,21H2,(H,22,23). The van der Waals surface area contributed by atoms with Gasteiger partial charge in [0.05, 0.1) is 0 Å². The first kappa shape index (κ1) is 16.0. The number of fused-ring (bicyclic) bond motifs is 1. The lowest BCUT2D eigenvalue weighted by atomic mass is 10.1. The van der Waals surface area contributed by atoms with Crippen LogP contribution < -0.4 is 16.0 Å². The average Bonchev–Trinajstić information content (AvgIpc) is 2.65. The summed E-state index contributed by atoms with van der Waals surface area (Å²) < 4.78 is 5.90. The largest absolute Gasteiger partial charge is 0.489 e. The minimum atomic E-state index is -0.161. The van der Waals surface area contributed by atoms with Crippen molar-refractivity contribution in [2.24, 2.45) is 5.84 Å². The van der Waals surface area contributed by atoms with E-state index in [2.05, 4.69) is 29.7 Å². The fraction of sp³-hybridized carbons (Fsp3) is 0.150. The Hall–Kier alpha value is -2.85. The zero-order chi connectivity index (χ0) is 16.8. The van der Waals surface area contributed by atoms with Gasteiger partial charge >= 0.3 is 0 Å². The highest BCUT2D eigenvalue weighted by Gasteiger charge is 2.03. The third-order valence-corrected chi connectivity index (χ3v) is 4.00. The second-order valence-electron chi connectivity index (χ2n) is 5.64. The van der Waals surface area contributed by atoms with E-state index in [0.29, 0.717) is 19.4 Å². The van der Waals surface area contributed by atoms with Crippen molar-refractivity contribution in [2.75, 3.05) is 0 Å². The van der Waals surface area contributed by atoms with Crippen LogP contribution in [0, 0.1) is 0 Å². The predicted molar refractivity (Wildman–Crippen MR) is 95.4 cm³/mol. The van der Waals surface area contributed by atoms with Crippen LogP contribution in [0.3, 0.4) is 0 Å². The van der Waals surface area contributed by atoms with E-state index in [1.165, 1.54) is 10.8 Å². The lowest BCUT2D eigenvalue weighted by Gasteiger charge is -2.10. The normalized spacial score (nSPS) is 10.5. The first-order valence-corrected chi connectivity index (χ1v) is 7.94. The van der Waals surface area contributed by atoms with Crippen LogP contribution in [0.15, 0.2) is 66.7 Å². The van der Waals surface area contributed by atoms with Crippen molar-refractivity contribution in [3.05, 3.63) is 77.9 Å². The molecule has 0 aromatic heterocycles. The molecule has 0 atom stereocenters. The Kier molecular flexibility index (Phi) is 5.08. The van der Waals surface area contributed by atoms with E-state index in [-0.39, 0.29) is 5.91 Å². The summed E-state index contributed by atoms with van der Waals surface area (Å²) in [6.07, 6.45) is 1.04. The van der Waals surface area contributed by atoms with Crippen molar-refractivity contribution in [1.29, 1.82) is 0 Å². The Morgan fingerprint density at radius 2 is 1.71 bits per heavy atom. The van der Waals surface area contributed by atoms with Crippen molar-refractivity contribution in [3.8, 4) is 5.75 Å². The molecule has 0 aliphatic rings. The van der Waals surface area contributed by atoms with Gasteiger partial charge in [-0.25, -0.2) is 5.84 Å². The maximum Gasteiger partial charge on any atom is 0.234 e. The quantitative estimate of drug-likeness (QED) is 0.416. The number of hydrogen-bond donors (Lipinski definition) is 2. The summed E-state index contributed by atoms with van der Waals surface area (Å²) in [4.78, 5) is 11.2. The van der Waals surface area contributed by atoms with Gasteiger partial charge in [0, 0.05) is 6.42 Å². The molecule has 0 aliphatic carbocycles. The van der Waals surface area contributed by atoms with Crippen molar-refractivity contribution < 1.29 is 9.53 Å². The fourth-order valence-corrected chi connectivity index (χ4v) is 2.66. The molecule has 4 nitrogen and oxygen atoms in total. The van der Waals surface area contributed by atoms with Crippen LogP contribution in [-0.2, 0) is 17.8 Å². The molecule has 0 fully saturated rings. The van der Waals surface area contributed by atoms with Crippen molar-refractivity contribution in [1.82, 2.24) is 5.43 Å². The summed E-state index contributed by atoms with van der Waals surface area (Å²) >= 11 is 0. The SMILES string of the molecule is NNC(=O)CCc1ccc(OCc2cccc3ccccc23)cc1. The minimum Gasteiger partial charge on any atom is -0.489 e. The van der Waals surface area contributed by atoms with E-state index in [9.17, 15) is 4.79 Å². The molecule has 122 valence electrons. The number of benzene rings is 3. The van der Waals surface area contributed by atoms with Gasteiger partial charge in [-0.3, -0.25) is 10.2 Å². The molecule has 3 aromatic carbocycles. The summed E-state index contributed by atoms with van der Waals surface area (Å²) in [6.45, 7) is 0.524. The topological polar surface area (TPSA) is 64.3 Å². The van der Waals surface area contributed by atoms with E-state index in [1.807, 2.05) is 42.5 Å². The molecule has 0 radical (unpaired) electrons. The third kappa shape index (κ3) is 3.91. The Morgan fingerprint density at radius 1 is 0.958 bits per heavy atom. The van der Waals surface area contributed by atoms with E-state index < -0.39 is 0 Å². The molecule has 1 amide bonds. The number of hydrazine groups is 1. The smallest absolute Gasteiger partial charge is 0.234 e. The average molecular weight is 320 g/mol. The van der Waals surface area contributed by atoms with E-state index in [1.54, 1.807) is 0 Å². The summed E-state index contributed by atoms with van der Waals surface area (Å²) in [7, 11) is 0. The number of ether oxygens (including phenoxy) is 1.